The number of likely N-dealkylation sites (tertiary alicyclic amines) is 1. The van der Waals surface area contributed by atoms with Gasteiger partial charge in [-0.05, 0) is 58.3 Å². The summed E-state index contributed by atoms with van der Waals surface area (Å²) >= 11 is 0. The summed E-state index contributed by atoms with van der Waals surface area (Å²) in [7, 11) is 0. The van der Waals surface area contributed by atoms with E-state index in [1.54, 1.807) is 0 Å². The molecule has 0 aromatic heterocycles. The van der Waals surface area contributed by atoms with Crippen LogP contribution in [0.1, 0.15) is 42.9 Å². The van der Waals surface area contributed by atoms with Gasteiger partial charge in [0.15, 0.2) is 0 Å². The molecule has 1 saturated heterocycles. The molecule has 106 valence electrons. The molecule has 1 N–H and O–H groups in total. The number of hydrogen-bond acceptors (Lipinski definition) is 2. The summed E-state index contributed by atoms with van der Waals surface area (Å²) in [6, 6.07) is 7.66. The van der Waals surface area contributed by atoms with E-state index in [0.29, 0.717) is 0 Å². The number of nitrogens with zero attached hydrogens (tertiary/aromatic N) is 1. The average Bonchev–Trinajstić information content (AvgIpc) is 2.37. The molecule has 0 aliphatic carbocycles. The molecular weight excluding hydrogens is 232 g/mol. The van der Waals surface area contributed by atoms with Gasteiger partial charge in [0.1, 0.15) is 0 Å². The van der Waals surface area contributed by atoms with E-state index in [0.717, 1.165) is 12.6 Å². The highest BCUT2D eigenvalue weighted by molar-refractivity contribution is 5.28. The van der Waals surface area contributed by atoms with Gasteiger partial charge in [-0.15, -0.1) is 0 Å². The lowest BCUT2D eigenvalue weighted by Gasteiger charge is -2.32. The SMILES string of the molecule is CCCNC1CCN(Cc2cc(C)cc(C)c2)CC1. The Kier molecular flexibility index (Phi) is 5.41. The third-order valence-corrected chi connectivity index (χ3v) is 3.96. The van der Waals surface area contributed by atoms with Gasteiger partial charge >= 0.3 is 0 Å². The molecular formula is C17H28N2. The quantitative estimate of drug-likeness (QED) is 0.874. The van der Waals surface area contributed by atoms with E-state index < -0.39 is 0 Å². The van der Waals surface area contributed by atoms with Crippen molar-refractivity contribution in [2.75, 3.05) is 19.6 Å². The Balaban J connectivity index is 1.82. The summed E-state index contributed by atoms with van der Waals surface area (Å²) in [5, 5.41) is 3.65. The molecule has 0 unspecified atom stereocenters. The Morgan fingerprint density at radius 2 is 1.74 bits per heavy atom. The van der Waals surface area contributed by atoms with Crippen LogP contribution in [0.25, 0.3) is 0 Å². The minimum atomic E-state index is 0.746. The van der Waals surface area contributed by atoms with E-state index in [2.05, 4.69) is 49.2 Å². The van der Waals surface area contributed by atoms with Crippen LogP contribution in [-0.2, 0) is 6.54 Å². The second-order valence-electron chi connectivity index (χ2n) is 6.00. The van der Waals surface area contributed by atoms with E-state index in [4.69, 9.17) is 0 Å². The first-order chi connectivity index (χ1) is 9.17. The monoisotopic (exact) mass is 260 g/mol. The topological polar surface area (TPSA) is 15.3 Å². The maximum atomic E-state index is 3.65. The van der Waals surface area contributed by atoms with Gasteiger partial charge in [0.25, 0.3) is 0 Å². The molecule has 0 saturated carbocycles. The van der Waals surface area contributed by atoms with Crippen LogP contribution in [0.15, 0.2) is 18.2 Å². The standard InChI is InChI=1S/C17H28N2/c1-4-7-18-17-5-8-19(9-6-17)13-16-11-14(2)10-15(3)12-16/h10-12,17-18H,4-9,13H2,1-3H3. The van der Waals surface area contributed by atoms with Gasteiger partial charge in [-0.25, -0.2) is 0 Å². The summed E-state index contributed by atoms with van der Waals surface area (Å²) in [5.41, 5.74) is 4.24. The Morgan fingerprint density at radius 1 is 1.11 bits per heavy atom. The molecule has 1 aromatic carbocycles. The molecule has 2 heteroatoms. The van der Waals surface area contributed by atoms with Crippen LogP contribution in [0.3, 0.4) is 0 Å². The van der Waals surface area contributed by atoms with Crippen molar-refractivity contribution < 1.29 is 0 Å². The van der Waals surface area contributed by atoms with Crippen LogP contribution >= 0.6 is 0 Å². The molecule has 0 bridgehead atoms. The van der Waals surface area contributed by atoms with Crippen molar-refractivity contribution in [2.45, 2.75) is 52.6 Å². The molecule has 2 nitrogen and oxygen atoms in total. The van der Waals surface area contributed by atoms with Crippen molar-refractivity contribution in [1.29, 1.82) is 0 Å². The van der Waals surface area contributed by atoms with E-state index in [1.165, 1.54) is 55.6 Å². The highest BCUT2D eigenvalue weighted by Crippen LogP contribution is 2.16. The number of piperidine rings is 1. The van der Waals surface area contributed by atoms with E-state index in [-0.39, 0.29) is 0 Å². The van der Waals surface area contributed by atoms with Crippen molar-refractivity contribution in [2.24, 2.45) is 0 Å². The number of aryl methyl sites for hydroxylation is 2. The van der Waals surface area contributed by atoms with Crippen LogP contribution in [0.5, 0.6) is 0 Å². The summed E-state index contributed by atoms with van der Waals surface area (Å²) in [5.74, 6) is 0. The number of hydrogen-bond donors (Lipinski definition) is 1. The lowest BCUT2D eigenvalue weighted by atomic mass is 10.0. The number of rotatable bonds is 5. The Morgan fingerprint density at radius 3 is 2.32 bits per heavy atom. The smallest absolute Gasteiger partial charge is 0.0233 e. The first kappa shape index (κ1) is 14.5. The fraction of sp³-hybridized carbons (Fsp3) is 0.647. The maximum Gasteiger partial charge on any atom is 0.0233 e. The van der Waals surface area contributed by atoms with Crippen LogP contribution in [-0.4, -0.2) is 30.6 Å². The van der Waals surface area contributed by atoms with Crippen LogP contribution in [0.2, 0.25) is 0 Å². The van der Waals surface area contributed by atoms with Gasteiger partial charge in [-0.3, -0.25) is 4.90 Å². The van der Waals surface area contributed by atoms with Gasteiger partial charge in [0, 0.05) is 12.6 Å². The van der Waals surface area contributed by atoms with Gasteiger partial charge in [0.05, 0.1) is 0 Å². The lowest BCUT2D eigenvalue weighted by Crippen LogP contribution is -2.42. The molecule has 2 rings (SSSR count). The minimum absolute atomic E-state index is 0.746. The Hall–Kier alpha value is -0.860. The minimum Gasteiger partial charge on any atom is -0.314 e. The average molecular weight is 260 g/mol. The highest BCUT2D eigenvalue weighted by atomic mass is 15.1. The predicted molar refractivity (Wildman–Crippen MR) is 82.5 cm³/mol. The second-order valence-corrected chi connectivity index (χ2v) is 6.00. The molecule has 0 amide bonds. The van der Waals surface area contributed by atoms with E-state index in [9.17, 15) is 0 Å². The largest absolute Gasteiger partial charge is 0.314 e. The summed E-state index contributed by atoms with van der Waals surface area (Å²) in [4.78, 5) is 2.60. The molecule has 0 spiro atoms. The normalized spacial score (nSPS) is 17.8. The first-order valence-electron chi connectivity index (χ1n) is 7.70. The van der Waals surface area contributed by atoms with Gasteiger partial charge in [-0.1, -0.05) is 36.2 Å². The first-order valence-corrected chi connectivity index (χ1v) is 7.70. The van der Waals surface area contributed by atoms with Crippen molar-refractivity contribution >= 4 is 0 Å². The lowest BCUT2D eigenvalue weighted by molar-refractivity contribution is 0.191. The zero-order valence-electron chi connectivity index (χ0n) is 12.7. The molecule has 1 heterocycles. The van der Waals surface area contributed by atoms with Crippen molar-refractivity contribution in [3.63, 3.8) is 0 Å². The van der Waals surface area contributed by atoms with Crippen molar-refractivity contribution in [3.8, 4) is 0 Å². The van der Waals surface area contributed by atoms with Gasteiger partial charge in [-0.2, -0.15) is 0 Å². The zero-order chi connectivity index (χ0) is 13.7. The summed E-state index contributed by atoms with van der Waals surface area (Å²) in [6.45, 7) is 11.4. The molecule has 1 fully saturated rings. The van der Waals surface area contributed by atoms with E-state index in [1.807, 2.05) is 0 Å². The third kappa shape index (κ3) is 4.63. The number of nitrogens with one attached hydrogen (secondary N) is 1. The van der Waals surface area contributed by atoms with Crippen LogP contribution in [0, 0.1) is 13.8 Å². The van der Waals surface area contributed by atoms with Crippen molar-refractivity contribution in [1.82, 2.24) is 10.2 Å². The molecule has 1 aliphatic heterocycles. The molecule has 0 radical (unpaired) electrons. The molecule has 0 atom stereocenters. The maximum absolute atomic E-state index is 3.65. The summed E-state index contributed by atoms with van der Waals surface area (Å²) < 4.78 is 0. The Labute approximate surface area is 118 Å². The fourth-order valence-corrected chi connectivity index (χ4v) is 3.06. The van der Waals surface area contributed by atoms with Gasteiger partial charge < -0.3 is 5.32 Å². The van der Waals surface area contributed by atoms with Crippen molar-refractivity contribution in [3.05, 3.63) is 34.9 Å². The molecule has 19 heavy (non-hydrogen) atoms. The fourth-order valence-electron chi connectivity index (χ4n) is 3.06. The third-order valence-electron chi connectivity index (χ3n) is 3.96. The van der Waals surface area contributed by atoms with Gasteiger partial charge in [0.2, 0.25) is 0 Å². The van der Waals surface area contributed by atoms with E-state index >= 15 is 0 Å². The molecule has 1 aliphatic rings. The highest BCUT2D eigenvalue weighted by Gasteiger charge is 2.18. The number of benzene rings is 1. The second kappa shape index (κ2) is 7.06. The summed E-state index contributed by atoms with van der Waals surface area (Å²) in [6.07, 6.45) is 3.83. The Bertz CT molecular complexity index is 372. The van der Waals surface area contributed by atoms with Crippen LogP contribution < -0.4 is 5.32 Å². The van der Waals surface area contributed by atoms with Crippen LogP contribution in [0.4, 0.5) is 0 Å². The zero-order valence-corrected chi connectivity index (χ0v) is 12.7. The molecule has 1 aromatic rings. The predicted octanol–water partition coefficient (Wildman–Crippen LogP) is 3.27.